The summed E-state index contributed by atoms with van der Waals surface area (Å²) in [6.45, 7) is 0. The van der Waals surface area contributed by atoms with Gasteiger partial charge in [0, 0.05) is 0 Å². The van der Waals surface area contributed by atoms with Gasteiger partial charge in [0.25, 0.3) is 11.8 Å². The predicted molar refractivity (Wildman–Crippen MR) is 62.6 cm³/mol. The molecule has 0 aromatic heterocycles. The molecule has 6 heteroatoms. The van der Waals surface area contributed by atoms with E-state index >= 15 is 0 Å². The molecule has 18 heavy (non-hydrogen) atoms. The number of amides is 2. The van der Waals surface area contributed by atoms with Crippen molar-refractivity contribution >= 4 is 23.5 Å². The highest BCUT2D eigenvalue weighted by atomic mass is 16.5. The first kappa shape index (κ1) is 11.8. The zero-order valence-corrected chi connectivity index (χ0v) is 9.52. The minimum atomic E-state index is -0.681. The van der Waals surface area contributed by atoms with Crippen molar-refractivity contribution in [2.45, 2.75) is 0 Å². The minimum Gasteiger partial charge on any atom is -0.466 e. The summed E-state index contributed by atoms with van der Waals surface area (Å²) in [6, 6.07) is 6.61. The smallest absolute Gasteiger partial charge is 0.332 e. The second-order valence-corrected chi connectivity index (χ2v) is 3.54. The van der Waals surface area contributed by atoms with Crippen molar-refractivity contribution in [1.82, 2.24) is 5.32 Å². The van der Waals surface area contributed by atoms with Gasteiger partial charge < -0.3 is 10.1 Å². The summed E-state index contributed by atoms with van der Waals surface area (Å²) in [4.78, 5) is 34.5. The molecule has 1 aromatic rings. The standard InChI is InChI=1S/C12H10N2O4/c1-18-10(15)6-9-12(17)14-11(16)7-4-2-3-5-8(7)13-9/h2-6,13H,1H3,(H,14,16,17). The first-order valence-corrected chi connectivity index (χ1v) is 5.13. The van der Waals surface area contributed by atoms with E-state index in [4.69, 9.17) is 0 Å². The fourth-order valence-electron chi connectivity index (χ4n) is 1.51. The van der Waals surface area contributed by atoms with Crippen molar-refractivity contribution in [3.8, 4) is 0 Å². The number of anilines is 1. The van der Waals surface area contributed by atoms with Crippen molar-refractivity contribution in [3.05, 3.63) is 41.6 Å². The quantitative estimate of drug-likeness (QED) is 0.426. The van der Waals surface area contributed by atoms with Crippen LogP contribution in [0.4, 0.5) is 5.69 Å². The van der Waals surface area contributed by atoms with E-state index in [0.717, 1.165) is 6.08 Å². The van der Waals surface area contributed by atoms with Crippen molar-refractivity contribution in [2.24, 2.45) is 0 Å². The molecule has 92 valence electrons. The Kier molecular flexibility index (Phi) is 3.09. The van der Waals surface area contributed by atoms with Crippen LogP contribution in [0.25, 0.3) is 0 Å². The lowest BCUT2D eigenvalue weighted by atomic mass is 10.1. The SMILES string of the molecule is COC(=O)C=C1Nc2ccccc2C(=O)NC1=O. The monoisotopic (exact) mass is 246 g/mol. The van der Waals surface area contributed by atoms with Crippen LogP contribution in [0.3, 0.4) is 0 Å². The number of benzene rings is 1. The average Bonchev–Trinajstić information content (AvgIpc) is 2.48. The van der Waals surface area contributed by atoms with E-state index in [2.05, 4.69) is 15.4 Å². The number of rotatable bonds is 1. The molecule has 0 radical (unpaired) electrons. The largest absolute Gasteiger partial charge is 0.466 e. The summed E-state index contributed by atoms with van der Waals surface area (Å²) in [5.74, 6) is -1.88. The second-order valence-electron chi connectivity index (χ2n) is 3.54. The molecular weight excluding hydrogens is 236 g/mol. The Bertz CT molecular complexity index is 563. The summed E-state index contributed by atoms with van der Waals surface area (Å²) in [5, 5.41) is 4.89. The van der Waals surface area contributed by atoms with Crippen LogP contribution in [-0.4, -0.2) is 24.9 Å². The van der Waals surface area contributed by atoms with Crippen LogP contribution < -0.4 is 10.6 Å². The predicted octanol–water partition coefficient (Wildman–Crippen LogP) is 0.425. The molecule has 6 nitrogen and oxygen atoms in total. The van der Waals surface area contributed by atoms with Gasteiger partial charge in [0.15, 0.2) is 0 Å². The molecule has 0 bridgehead atoms. The van der Waals surface area contributed by atoms with Gasteiger partial charge in [-0.3, -0.25) is 14.9 Å². The van der Waals surface area contributed by atoms with Gasteiger partial charge in [-0.15, -0.1) is 0 Å². The Balaban J connectivity index is 2.43. The van der Waals surface area contributed by atoms with E-state index in [0.29, 0.717) is 11.3 Å². The molecule has 0 atom stereocenters. The number of para-hydroxylation sites is 1. The third-order valence-electron chi connectivity index (χ3n) is 2.38. The highest BCUT2D eigenvalue weighted by molar-refractivity contribution is 6.17. The van der Waals surface area contributed by atoms with Gasteiger partial charge in [0.05, 0.1) is 24.4 Å². The lowest BCUT2D eigenvalue weighted by molar-refractivity contribution is -0.135. The number of carbonyl (C=O) groups is 3. The zero-order chi connectivity index (χ0) is 13.1. The molecule has 2 N–H and O–H groups in total. The number of hydrogen-bond donors (Lipinski definition) is 2. The molecule has 0 unspecified atom stereocenters. The maximum absolute atomic E-state index is 11.7. The first-order chi connectivity index (χ1) is 8.61. The highest BCUT2D eigenvalue weighted by Crippen LogP contribution is 2.19. The third-order valence-corrected chi connectivity index (χ3v) is 2.38. The normalized spacial score (nSPS) is 16.4. The van der Waals surface area contributed by atoms with Crippen LogP contribution in [0.15, 0.2) is 36.0 Å². The molecule has 0 saturated heterocycles. The molecule has 0 aliphatic carbocycles. The van der Waals surface area contributed by atoms with Crippen molar-refractivity contribution in [2.75, 3.05) is 12.4 Å². The molecule has 2 rings (SSSR count). The average molecular weight is 246 g/mol. The molecule has 1 aromatic carbocycles. The molecule has 1 heterocycles. The molecule has 0 fully saturated rings. The summed E-state index contributed by atoms with van der Waals surface area (Å²) in [5.41, 5.74) is 0.746. The lowest BCUT2D eigenvalue weighted by Gasteiger charge is -2.06. The topological polar surface area (TPSA) is 84.5 Å². The van der Waals surface area contributed by atoms with Crippen molar-refractivity contribution < 1.29 is 19.1 Å². The highest BCUT2D eigenvalue weighted by Gasteiger charge is 2.23. The minimum absolute atomic E-state index is 0.0415. The number of imide groups is 1. The Hall–Kier alpha value is -2.63. The van der Waals surface area contributed by atoms with Crippen LogP contribution in [0.1, 0.15) is 10.4 Å². The number of methoxy groups -OCH3 is 1. The number of carbonyl (C=O) groups excluding carboxylic acids is 3. The molecule has 0 spiro atoms. The summed E-state index contributed by atoms with van der Waals surface area (Å²) in [7, 11) is 1.20. The van der Waals surface area contributed by atoms with Gasteiger partial charge in [0.2, 0.25) is 0 Å². The van der Waals surface area contributed by atoms with Crippen LogP contribution in [-0.2, 0) is 14.3 Å². The molecular formula is C12H10N2O4. The Morgan fingerprint density at radius 3 is 2.61 bits per heavy atom. The van der Waals surface area contributed by atoms with Crippen LogP contribution >= 0.6 is 0 Å². The molecule has 0 saturated carbocycles. The van der Waals surface area contributed by atoms with Gasteiger partial charge in [-0.25, -0.2) is 4.79 Å². The Morgan fingerprint density at radius 1 is 1.17 bits per heavy atom. The van der Waals surface area contributed by atoms with Crippen molar-refractivity contribution in [3.63, 3.8) is 0 Å². The summed E-state index contributed by atoms with van der Waals surface area (Å²) in [6.07, 6.45) is 0.991. The van der Waals surface area contributed by atoms with E-state index in [9.17, 15) is 14.4 Å². The fourth-order valence-corrected chi connectivity index (χ4v) is 1.51. The third kappa shape index (κ3) is 2.22. The Morgan fingerprint density at radius 2 is 1.89 bits per heavy atom. The summed E-state index contributed by atoms with van der Waals surface area (Å²) >= 11 is 0. The van der Waals surface area contributed by atoms with Gasteiger partial charge in [-0.1, -0.05) is 12.1 Å². The fraction of sp³-hybridized carbons (Fsp3) is 0.0833. The maximum Gasteiger partial charge on any atom is 0.332 e. The first-order valence-electron chi connectivity index (χ1n) is 5.13. The molecule has 2 amide bonds. The van der Waals surface area contributed by atoms with E-state index in [1.807, 2.05) is 0 Å². The number of fused-ring (bicyclic) bond motifs is 1. The Labute approximate surface area is 103 Å². The van der Waals surface area contributed by atoms with Crippen molar-refractivity contribution in [1.29, 1.82) is 0 Å². The van der Waals surface area contributed by atoms with Crippen LogP contribution in [0.5, 0.6) is 0 Å². The number of ether oxygens (including phenoxy) is 1. The van der Waals surface area contributed by atoms with Crippen LogP contribution in [0, 0.1) is 0 Å². The van der Waals surface area contributed by atoms with E-state index in [1.165, 1.54) is 7.11 Å². The number of esters is 1. The summed E-state index contributed by atoms with van der Waals surface area (Å²) < 4.78 is 4.44. The number of nitrogens with one attached hydrogen (secondary N) is 2. The van der Waals surface area contributed by atoms with Gasteiger partial charge >= 0.3 is 5.97 Å². The van der Waals surface area contributed by atoms with Gasteiger partial charge in [-0.05, 0) is 12.1 Å². The van der Waals surface area contributed by atoms with Gasteiger partial charge in [0.1, 0.15) is 5.70 Å². The van der Waals surface area contributed by atoms with E-state index < -0.39 is 17.8 Å². The van der Waals surface area contributed by atoms with E-state index in [1.54, 1.807) is 24.3 Å². The lowest BCUT2D eigenvalue weighted by Crippen LogP contribution is -2.30. The van der Waals surface area contributed by atoms with Gasteiger partial charge in [-0.2, -0.15) is 0 Å². The van der Waals surface area contributed by atoms with Crippen LogP contribution in [0.2, 0.25) is 0 Å². The number of hydrogen-bond acceptors (Lipinski definition) is 5. The molecule has 1 aliphatic rings. The van der Waals surface area contributed by atoms with E-state index in [-0.39, 0.29) is 5.70 Å². The maximum atomic E-state index is 11.7. The molecule has 1 aliphatic heterocycles. The zero-order valence-electron chi connectivity index (χ0n) is 9.52. The second kappa shape index (κ2) is 4.70.